The van der Waals surface area contributed by atoms with Gasteiger partial charge in [0.1, 0.15) is 0 Å². The van der Waals surface area contributed by atoms with Crippen molar-refractivity contribution < 1.29 is 14.8 Å². The molecular weight excluding hydrogens is 447 g/mol. The first-order chi connectivity index (χ1) is 12.2. The summed E-state index contributed by atoms with van der Waals surface area (Å²) in [6.07, 6.45) is 3.71. The average molecular weight is 464 g/mol. The fraction of sp³-hybridized carbons (Fsp3) is 0.263. The molecule has 134 valence electrons. The number of nitro groups is 1. The Balaban J connectivity index is 1.88. The highest BCUT2D eigenvalue weighted by atomic mass is 127. The Morgan fingerprint density at radius 3 is 2.69 bits per heavy atom. The lowest BCUT2D eigenvalue weighted by Gasteiger charge is -2.45. The third kappa shape index (κ3) is 2.09. The molecule has 1 unspecified atom stereocenters. The summed E-state index contributed by atoms with van der Waals surface area (Å²) in [5, 5.41) is 21.4. The summed E-state index contributed by atoms with van der Waals surface area (Å²) in [4.78, 5) is 12.6. The van der Waals surface area contributed by atoms with Crippen LogP contribution in [0.5, 0.6) is 11.5 Å². The molecular formula is C19H17IN2O4. The lowest BCUT2D eigenvalue weighted by atomic mass is 9.76. The molecule has 2 heterocycles. The van der Waals surface area contributed by atoms with Gasteiger partial charge in [0.05, 0.1) is 16.4 Å². The maximum Gasteiger partial charge on any atom is 0.274 e. The van der Waals surface area contributed by atoms with Gasteiger partial charge in [-0.05, 0) is 72.4 Å². The SMILES string of the molecule is CN1c2ccc(I)cc2C(C)(C)C12C=Cc1cc([N+](=O)[O-])cc(O)c1O2. The number of phenolic OH excluding ortho intramolecular Hbond substituents is 1. The Morgan fingerprint density at radius 2 is 2.00 bits per heavy atom. The number of rotatable bonds is 1. The van der Waals surface area contributed by atoms with Crippen LogP contribution in [0.15, 0.2) is 36.4 Å². The minimum Gasteiger partial charge on any atom is -0.504 e. The first-order valence-electron chi connectivity index (χ1n) is 8.11. The van der Waals surface area contributed by atoms with Crippen LogP contribution >= 0.6 is 22.6 Å². The van der Waals surface area contributed by atoms with E-state index in [1.165, 1.54) is 6.07 Å². The van der Waals surface area contributed by atoms with Gasteiger partial charge in [-0.2, -0.15) is 0 Å². The monoisotopic (exact) mass is 464 g/mol. The third-order valence-corrected chi connectivity index (χ3v) is 6.10. The number of non-ortho nitro benzene ring substituents is 1. The normalized spacial score (nSPS) is 22.1. The first-order valence-corrected chi connectivity index (χ1v) is 9.19. The van der Waals surface area contributed by atoms with Gasteiger partial charge in [-0.3, -0.25) is 10.1 Å². The van der Waals surface area contributed by atoms with E-state index in [0.717, 1.165) is 20.9 Å². The van der Waals surface area contributed by atoms with Crippen molar-refractivity contribution in [2.45, 2.75) is 25.0 Å². The van der Waals surface area contributed by atoms with Crippen LogP contribution in [0, 0.1) is 13.7 Å². The van der Waals surface area contributed by atoms with Crippen LogP contribution in [-0.2, 0) is 5.41 Å². The molecule has 6 nitrogen and oxygen atoms in total. The number of likely N-dealkylation sites (N-methyl/N-ethyl adjacent to an activating group) is 1. The zero-order valence-electron chi connectivity index (χ0n) is 14.5. The van der Waals surface area contributed by atoms with E-state index in [9.17, 15) is 15.2 Å². The molecule has 0 fully saturated rings. The molecule has 1 N–H and O–H groups in total. The Morgan fingerprint density at radius 1 is 1.27 bits per heavy atom. The summed E-state index contributed by atoms with van der Waals surface area (Å²) in [5.74, 6) is 0.0354. The van der Waals surface area contributed by atoms with Crippen molar-refractivity contribution >= 4 is 40.0 Å². The zero-order chi connectivity index (χ0) is 18.9. The zero-order valence-corrected chi connectivity index (χ0v) is 16.6. The van der Waals surface area contributed by atoms with Gasteiger partial charge in [0, 0.05) is 27.9 Å². The number of halogens is 1. The highest BCUT2D eigenvalue weighted by Gasteiger charge is 2.58. The minimum absolute atomic E-state index is 0.165. The predicted molar refractivity (Wildman–Crippen MR) is 108 cm³/mol. The van der Waals surface area contributed by atoms with Gasteiger partial charge < -0.3 is 14.7 Å². The molecule has 1 spiro atoms. The first kappa shape index (κ1) is 17.1. The smallest absolute Gasteiger partial charge is 0.274 e. The largest absolute Gasteiger partial charge is 0.504 e. The van der Waals surface area contributed by atoms with Gasteiger partial charge in [0.25, 0.3) is 5.69 Å². The van der Waals surface area contributed by atoms with Crippen molar-refractivity contribution in [1.82, 2.24) is 0 Å². The summed E-state index contributed by atoms with van der Waals surface area (Å²) < 4.78 is 7.50. The van der Waals surface area contributed by atoms with Crippen LogP contribution in [0.1, 0.15) is 25.0 Å². The van der Waals surface area contributed by atoms with Crippen molar-refractivity contribution in [3.05, 3.63) is 61.2 Å². The standard InChI is InChI=1S/C19H17IN2O4/c1-18(2)14-9-12(20)4-5-15(14)21(3)19(18)7-6-11-8-13(22(24)25)10-16(23)17(11)26-19/h4-10,23H,1-3H3. The minimum atomic E-state index is -0.833. The fourth-order valence-electron chi connectivity index (χ4n) is 3.96. The third-order valence-electron chi connectivity index (χ3n) is 5.43. The maximum atomic E-state index is 11.0. The molecule has 2 aliphatic rings. The van der Waals surface area contributed by atoms with Gasteiger partial charge in [-0.1, -0.05) is 0 Å². The number of hydrogen-bond acceptors (Lipinski definition) is 5. The van der Waals surface area contributed by atoms with E-state index in [4.69, 9.17) is 4.74 Å². The molecule has 1 atom stereocenters. The number of ether oxygens (including phenoxy) is 1. The average Bonchev–Trinajstić information content (AvgIpc) is 2.74. The van der Waals surface area contributed by atoms with E-state index in [2.05, 4.69) is 53.5 Å². The number of nitro benzene ring substituents is 1. The Bertz CT molecular complexity index is 986. The number of fused-ring (bicyclic) bond motifs is 2. The second-order valence-corrected chi connectivity index (χ2v) is 8.36. The van der Waals surface area contributed by atoms with Crippen molar-refractivity contribution in [2.24, 2.45) is 0 Å². The fourth-order valence-corrected chi connectivity index (χ4v) is 4.45. The van der Waals surface area contributed by atoms with Gasteiger partial charge in [-0.25, -0.2) is 0 Å². The van der Waals surface area contributed by atoms with Gasteiger partial charge >= 0.3 is 0 Å². The van der Waals surface area contributed by atoms with Crippen LogP contribution < -0.4 is 9.64 Å². The molecule has 2 aliphatic heterocycles. The number of benzene rings is 2. The van der Waals surface area contributed by atoms with Crippen LogP contribution in [0.3, 0.4) is 0 Å². The molecule has 0 saturated heterocycles. The highest BCUT2D eigenvalue weighted by molar-refractivity contribution is 14.1. The lowest BCUT2D eigenvalue weighted by molar-refractivity contribution is -0.385. The van der Waals surface area contributed by atoms with Crippen molar-refractivity contribution in [1.29, 1.82) is 0 Å². The molecule has 0 aromatic heterocycles. The van der Waals surface area contributed by atoms with Crippen LogP contribution in [-0.4, -0.2) is 22.8 Å². The summed E-state index contributed by atoms with van der Waals surface area (Å²) in [6.45, 7) is 4.20. The van der Waals surface area contributed by atoms with Crippen molar-refractivity contribution in [3.63, 3.8) is 0 Å². The molecule has 0 bridgehead atoms. The molecule has 0 amide bonds. The molecule has 0 saturated carbocycles. The molecule has 26 heavy (non-hydrogen) atoms. The van der Waals surface area contributed by atoms with Crippen molar-refractivity contribution in [2.75, 3.05) is 11.9 Å². The summed E-state index contributed by atoms with van der Waals surface area (Å²) in [5.41, 5.74) is 1.31. The Kier molecular flexibility index (Phi) is 3.53. The number of anilines is 1. The summed E-state index contributed by atoms with van der Waals surface area (Å²) in [6, 6.07) is 8.80. The quantitative estimate of drug-likeness (QED) is 0.384. The summed E-state index contributed by atoms with van der Waals surface area (Å²) in [7, 11) is 1.96. The molecule has 4 rings (SSSR count). The van der Waals surface area contributed by atoms with Gasteiger partial charge in [0.2, 0.25) is 5.72 Å². The van der Waals surface area contributed by atoms with E-state index in [1.54, 1.807) is 6.08 Å². The molecule has 2 aromatic carbocycles. The van der Waals surface area contributed by atoms with E-state index >= 15 is 0 Å². The maximum absolute atomic E-state index is 11.0. The number of aromatic hydroxyl groups is 1. The van der Waals surface area contributed by atoms with Crippen molar-refractivity contribution in [3.8, 4) is 11.5 Å². The van der Waals surface area contributed by atoms with Gasteiger partial charge in [-0.15, -0.1) is 0 Å². The van der Waals surface area contributed by atoms with E-state index in [-0.39, 0.29) is 17.2 Å². The predicted octanol–water partition coefficient (Wildman–Crippen LogP) is 4.43. The van der Waals surface area contributed by atoms with E-state index in [0.29, 0.717) is 5.56 Å². The molecule has 0 radical (unpaired) electrons. The van der Waals surface area contributed by atoms with Crippen LogP contribution in [0.4, 0.5) is 11.4 Å². The Hall–Kier alpha value is -2.29. The lowest BCUT2D eigenvalue weighted by Crippen LogP contribution is -2.58. The number of nitrogens with zero attached hydrogens (tertiary/aromatic N) is 2. The van der Waals surface area contributed by atoms with Gasteiger partial charge in [0.15, 0.2) is 11.5 Å². The summed E-state index contributed by atoms with van der Waals surface area (Å²) >= 11 is 2.29. The topological polar surface area (TPSA) is 75.8 Å². The highest BCUT2D eigenvalue weighted by Crippen LogP contribution is 2.55. The molecule has 0 aliphatic carbocycles. The molecule has 7 heteroatoms. The van der Waals surface area contributed by atoms with E-state index in [1.807, 2.05) is 19.2 Å². The van der Waals surface area contributed by atoms with Crippen LogP contribution in [0.2, 0.25) is 0 Å². The number of hydrogen-bond donors (Lipinski definition) is 1. The Labute approximate surface area is 164 Å². The molecule has 2 aromatic rings. The van der Waals surface area contributed by atoms with E-state index < -0.39 is 16.1 Å². The second-order valence-electron chi connectivity index (χ2n) is 7.12. The number of phenols is 1. The van der Waals surface area contributed by atoms with Crippen LogP contribution in [0.25, 0.3) is 6.08 Å². The second kappa shape index (κ2) is 5.35.